The van der Waals surface area contributed by atoms with Crippen molar-refractivity contribution < 1.29 is 4.74 Å². The zero-order chi connectivity index (χ0) is 5.56. The summed E-state index contributed by atoms with van der Waals surface area (Å²) in [4.78, 5) is 0. The summed E-state index contributed by atoms with van der Waals surface area (Å²) in [5, 5.41) is 0. The molecule has 0 N–H and O–H groups in total. The Kier molecular flexibility index (Phi) is 0.667. The maximum Gasteiger partial charge on any atom is 0.107 e. The van der Waals surface area contributed by atoms with Gasteiger partial charge in [0.15, 0.2) is 0 Å². The van der Waals surface area contributed by atoms with E-state index in [1.54, 1.807) is 0 Å². The van der Waals surface area contributed by atoms with Crippen LogP contribution < -0.4 is 0 Å². The molecule has 0 radical (unpaired) electrons. The maximum atomic E-state index is 5.18. The Morgan fingerprint density at radius 3 is 3.00 bits per heavy atom. The number of allylic oxidation sites excluding steroid dienone is 2. The minimum Gasteiger partial charge on any atom is -0.361 e. The molecule has 42 valence electrons. The molecule has 1 heterocycles. The minimum absolute atomic E-state index is 0.429. The summed E-state index contributed by atoms with van der Waals surface area (Å²) in [6, 6.07) is 0. The van der Waals surface area contributed by atoms with Gasteiger partial charge in [0, 0.05) is 0 Å². The molecule has 2 aliphatic rings. The second-order valence-corrected chi connectivity index (χ2v) is 2.34. The first kappa shape index (κ1) is 4.33. The van der Waals surface area contributed by atoms with Gasteiger partial charge in [-0.15, -0.1) is 0 Å². The molecule has 0 amide bonds. The van der Waals surface area contributed by atoms with Crippen LogP contribution in [-0.4, -0.2) is 12.2 Å². The van der Waals surface area contributed by atoms with Crippen LogP contribution in [0.3, 0.4) is 0 Å². The molecule has 1 nitrogen and oxygen atoms in total. The smallest absolute Gasteiger partial charge is 0.107 e. The molecule has 2 atom stereocenters. The first-order valence-electron chi connectivity index (χ1n) is 2.88. The third-order valence-electron chi connectivity index (χ3n) is 1.54. The lowest BCUT2D eigenvalue weighted by molar-refractivity contribution is 0.414. The van der Waals surface area contributed by atoms with E-state index in [4.69, 9.17) is 4.74 Å². The largest absolute Gasteiger partial charge is 0.361 e. The lowest BCUT2D eigenvalue weighted by atomic mass is 10.1. The van der Waals surface area contributed by atoms with Crippen LogP contribution in [-0.2, 0) is 4.74 Å². The molecular weight excluding hydrogens is 100 g/mol. The first-order valence-corrected chi connectivity index (χ1v) is 2.88. The standard InChI is InChI=1S/C7H8O/c1-5-2-3-6-7(4-5)8-6/h2-4,6-7H,1H3. The Bertz CT molecular complexity index is 167. The Balaban J connectivity index is 2.28. The van der Waals surface area contributed by atoms with Crippen LogP contribution in [0, 0.1) is 0 Å². The lowest BCUT2D eigenvalue weighted by Gasteiger charge is -1.92. The fourth-order valence-electron chi connectivity index (χ4n) is 0.986. The quantitative estimate of drug-likeness (QED) is 0.426. The SMILES string of the molecule is CC1=CC2OC2C=C1. The van der Waals surface area contributed by atoms with Crippen LogP contribution >= 0.6 is 0 Å². The lowest BCUT2D eigenvalue weighted by Crippen LogP contribution is -1.90. The van der Waals surface area contributed by atoms with Crippen molar-refractivity contribution in [2.24, 2.45) is 0 Å². The van der Waals surface area contributed by atoms with E-state index < -0.39 is 0 Å². The Hall–Kier alpha value is -0.560. The molecule has 0 bridgehead atoms. The molecule has 0 aromatic carbocycles. The van der Waals surface area contributed by atoms with Crippen LogP contribution in [0.5, 0.6) is 0 Å². The van der Waals surface area contributed by atoms with Gasteiger partial charge in [0.2, 0.25) is 0 Å². The number of ether oxygens (including phenoxy) is 1. The number of epoxide rings is 1. The fraction of sp³-hybridized carbons (Fsp3) is 0.429. The third-order valence-corrected chi connectivity index (χ3v) is 1.54. The summed E-state index contributed by atoms with van der Waals surface area (Å²) in [6.45, 7) is 2.09. The van der Waals surface area contributed by atoms with E-state index in [0.29, 0.717) is 12.2 Å². The third kappa shape index (κ3) is 0.514. The highest BCUT2D eigenvalue weighted by Gasteiger charge is 2.35. The molecular formula is C7H8O. The molecule has 0 aromatic rings. The number of hydrogen-bond acceptors (Lipinski definition) is 1. The van der Waals surface area contributed by atoms with Gasteiger partial charge >= 0.3 is 0 Å². The van der Waals surface area contributed by atoms with Crippen molar-refractivity contribution in [1.29, 1.82) is 0 Å². The van der Waals surface area contributed by atoms with Crippen molar-refractivity contribution in [1.82, 2.24) is 0 Å². The zero-order valence-electron chi connectivity index (χ0n) is 4.79. The second-order valence-electron chi connectivity index (χ2n) is 2.34. The van der Waals surface area contributed by atoms with Gasteiger partial charge in [-0.05, 0) is 6.92 Å². The van der Waals surface area contributed by atoms with Crippen molar-refractivity contribution in [3.05, 3.63) is 23.8 Å². The van der Waals surface area contributed by atoms with Gasteiger partial charge < -0.3 is 4.74 Å². The van der Waals surface area contributed by atoms with Crippen LogP contribution in [0.15, 0.2) is 23.8 Å². The topological polar surface area (TPSA) is 12.5 Å². The van der Waals surface area contributed by atoms with Crippen LogP contribution in [0.25, 0.3) is 0 Å². The number of rotatable bonds is 0. The van der Waals surface area contributed by atoms with Crippen molar-refractivity contribution in [3.8, 4) is 0 Å². The summed E-state index contributed by atoms with van der Waals surface area (Å²) in [5.41, 5.74) is 1.32. The monoisotopic (exact) mass is 108 g/mol. The summed E-state index contributed by atoms with van der Waals surface area (Å²) in [6.07, 6.45) is 7.23. The van der Waals surface area contributed by atoms with Gasteiger partial charge in [0.25, 0.3) is 0 Å². The average molecular weight is 108 g/mol. The zero-order valence-corrected chi connectivity index (χ0v) is 4.79. The van der Waals surface area contributed by atoms with Crippen LogP contribution in [0.1, 0.15) is 6.92 Å². The molecule has 0 spiro atoms. The van der Waals surface area contributed by atoms with Crippen LogP contribution in [0.2, 0.25) is 0 Å². The predicted molar refractivity (Wildman–Crippen MR) is 31.6 cm³/mol. The van der Waals surface area contributed by atoms with E-state index in [2.05, 4.69) is 25.2 Å². The Labute approximate surface area is 48.7 Å². The van der Waals surface area contributed by atoms with Gasteiger partial charge in [0.1, 0.15) is 12.2 Å². The molecule has 1 fully saturated rings. The van der Waals surface area contributed by atoms with Crippen molar-refractivity contribution in [3.63, 3.8) is 0 Å². The molecule has 1 saturated heterocycles. The average Bonchev–Trinajstić information content (AvgIpc) is 2.43. The fourth-order valence-corrected chi connectivity index (χ4v) is 0.986. The number of fused-ring (bicyclic) bond motifs is 1. The molecule has 1 heteroatoms. The first-order chi connectivity index (χ1) is 3.86. The van der Waals surface area contributed by atoms with E-state index >= 15 is 0 Å². The summed E-state index contributed by atoms with van der Waals surface area (Å²) < 4.78 is 5.18. The highest BCUT2D eigenvalue weighted by atomic mass is 16.6. The van der Waals surface area contributed by atoms with Crippen molar-refractivity contribution in [2.45, 2.75) is 19.1 Å². The van der Waals surface area contributed by atoms with E-state index in [1.807, 2.05) is 0 Å². The molecule has 1 aliphatic heterocycles. The van der Waals surface area contributed by atoms with Crippen molar-refractivity contribution in [2.75, 3.05) is 0 Å². The summed E-state index contributed by atoms with van der Waals surface area (Å²) >= 11 is 0. The Morgan fingerprint density at radius 2 is 2.38 bits per heavy atom. The van der Waals surface area contributed by atoms with Gasteiger partial charge in [-0.3, -0.25) is 0 Å². The molecule has 2 rings (SSSR count). The molecule has 2 unspecified atom stereocenters. The highest BCUT2D eigenvalue weighted by molar-refractivity contribution is 5.29. The summed E-state index contributed by atoms with van der Waals surface area (Å²) in [5.74, 6) is 0. The van der Waals surface area contributed by atoms with E-state index in [-0.39, 0.29) is 0 Å². The van der Waals surface area contributed by atoms with Gasteiger partial charge in [-0.25, -0.2) is 0 Å². The van der Waals surface area contributed by atoms with Gasteiger partial charge in [-0.1, -0.05) is 23.8 Å². The van der Waals surface area contributed by atoms with E-state index in [0.717, 1.165) is 0 Å². The minimum atomic E-state index is 0.429. The number of hydrogen-bond donors (Lipinski definition) is 0. The van der Waals surface area contributed by atoms with Gasteiger partial charge in [0.05, 0.1) is 0 Å². The van der Waals surface area contributed by atoms with E-state index in [1.165, 1.54) is 5.57 Å². The molecule has 0 aromatic heterocycles. The van der Waals surface area contributed by atoms with E-state index in [9.17, 15) is 0 Å². The predicted octanol–water partition coefficient (Wildman–Crippen LogP) is 1.27. The molecule has 8 heavy (non-hydrogen) atoms. The Morgan fingerprint density at radius 1 is 1.50 bits per heavy atom. The molecule has 1 aliphatic carbocycles. The van der Waals surface area contributed by atoms with Crippen molar-refractivity contribution >= 4 is 0 Å². The maximum absolute atomic E-state index is 5.18. The molecule has 0 saturated carbocycles. The van der Waals surface area contributed by atoms with Gasteiger partial charge in [-0.2, -0.15) is 0 Å². The highest BCUT2D eigenvalue weighted by Crippen LogP contribution is 2.29. The van der Waals surface area contributed by atoms with Crippen LogP contribution in [0.4, 0.5) is 0 Å². The normalized spacial score (nSPS) is 40.9. The second kappa shape index (κ2) is 1.23. The summed E-state index contributed by atoms with van der Waals surface area (Å²) in [7, 11) is 0.